The third-order valence-electron chi connectivity index (χ3n) is 2.34. The molecule has 1 aromatic carbocycles. The van der Waals surface area contributed by atoms with Crippen LogP contribution in [0.1, 0.15) is 13.3 Å². The van der Waals surface area contributed by atoms with E-state index in [4.69, 9.17) is 4.74 Å². The van der Waals surface area contributed by atoms with Gasteiger partial charge in [0, 0.05) is 13.0 Å². The number of hydrogen-bond acceptors (Lipinski definition) is 3. The maximum absolute atomic E-state index is 12.7. The van der Waals surface area contributed by atoms with Gasteiger partial charge in [-0.3, -0.25) is 4.79 Å². The van der Waals surface area contributed by atoms with Crippen molar-refractivity contribution in [3.63, 3.8) is 0 Å². The van der Waals surface area contributed by atoms with E-state index in [-0.39, 0.29) is 30.2 Å². The van der Waals surface area contributed by atoms with Gasteiger partial charge in [-0.2, -0.15) is 0 Å². The highest BCUT2D eigenvalue weighted by atomic mass is 35.5. The molecule has 0 aliphatic rings. The van der Waals surface area contributed by atoms with Gasteiger partial charge in [-0.1, -0.05) is 0 Å². The average molecular weight is 291 g/mol. The van der Waals surface area contributed by atoms with Crippen LogP contribution in [0.2, 0.25) is 0 Å². The molecule has 0 saturated heterocycles. The quantitative estimate of drug-likeness (QED) is 0.804. The number of nitrogens with one attached hydrogen (secondary N) is 2. The minimum absolute atomic E-state index is 0. The van der Waals surface area contributed by atoms with E-state index in [0.717, 1.165) is 0 Å². The van der Waals surface area contributed by atoms with Gasteiger partial charge in [0.15, 0.2) is 0 Å². The summed E-state index contributed by atoms with van der Waals surface area (Å²) in [5.74, 6) is 0.280. The zero-order valence-electron chi connectivity index (χ0n) is 11.1. The minimum Gasteiger partial charge on any atom is -0.489 e. The normalized spacial score (nSPS) is 11.3. The van der Waals surface area contributed by atoms with Crippen molar-refractivity contribution in [3.05, 3.63) is 30.1 Å². The van der Waals surface area contributed by atoms with Crippen molar-refractivity contribution in [1.82, 2.24) is 10.6 Å². The summed E-state index contributed by atoms with van der Waals surface area (Å²) in [6.07, 6.45) is 0.286. The number of carbonyl (C=O) groups is 1. The summed E-state index contributed by atoms with van der Waals surface area (Å²) in [7, 11) is 1.80. The molecule has 0 aromatic heterocycles. The fraction of sp³-hybridized carbons (Fsp3) is 0.462. The molecule has 0 aliphatic heterocycles. The highest BCUT2D eigenvalue weighted by Gasteiger charge is 2.06. The van der Waals surface area contributed by atoms with Crippen LogP contribution in [0.5, 0.6) is 5.75 Å². The Hall–Kier alpha value is -1.33. The summed E-state index contributed by atoms with van der Waals surface area (Å²) in [6, 6.07) is 5.81. The molecular weight excluding hydrogens is 271 g/mol. The molecule has 0 heterocycles. The van der Waals surface area contributed by atoms with Crippen LogP contribution < -0.4 is 15.4 Å². The number of benzene rings is 1. The molecule has 0 saturated carbocycles. The summed E-state index contributed by atoms with van der Waals surface area (Å²) < 4.78 is 18.2. The molecule has 1 rings (SSSR count). The van der Waals surface area contributed by atoms with E-state index >= 15 is 0 Å². The fourth-order valence-corrected chi connectivity index (χ4v) is 1.37. The Balaban J connectivity index is 0.00000324. The standard InChI is InChI=1S/C13H19FN2O2.ClH/c1-10(9-16-13(17)7-8-15-2)18-12-5-3-11(14)4-6-12;/h3-6,10,15H,7-9H2,1-2H3,(H,16,17);1H. The maximum Gasteiger partial charge on any atom is 0.221 e. The molecule has 0 bridgehead atoms. The van der Waals surface area contributed by atoms with Crippen LogP contribution in [0.25, 0.3) is 0 Å². The Morgan fingerprint density at radius 3 is 2.58 bits per heavy atom. The molecule has 4 nitrogen and oxygen atoms in total. The predicted molar refractivity (Wildman–Crippen MR) is 75.3 cm³/mol. The molecule has 0 aliphatic carbocycles. The van der Waals surface area contributed by atoms with Gasteiger partial charge in [-0.05, 0) is 38.2 Å². The lowest BCUT2D eigenvalue weighted by Crippen LogP contribution is -2.34. The second kappa shape index (κ2) is 9.58. The van der Waals surface area contributed by atoms with Crippen molar-refractivity contribution in [2.75, 3.05) is 20.1 Å². The van der Waals surface area contributed by atoms with Gasteiger partial charge in [0.1, 0.15) is 17.7 Å². The second-order valence-corrected chi connectivity index (χ2v) is 4.04. The van der Waals surface area contributed by atoms with Crippen LogP contribution in [0.3, 0.4) is 0 Å². The predicted octanol–water partition coefficient (Wildman–Crippen LogP) is 1.74. The lowest BCUT2D eigenvalue weighted by molar-refractivity contribution is -0.121. The molecule has 19 heavy (non-hydrogen) atoms. The van der Waals surface area contributed by atoms with Gasteiger partial charge in [-0.25, -0.2) is 4.39 Å². The Kier molecular flexibility index (Phi) is 8.91. The SMILES string of the molecule is CNCCC(=O)NCC(C)Oc1ccc(F)cc1.Cl. The molecule has 1 amide bonds. The summed E-state index contributed by atoms with van der Waals surface area (Å²) in [6.45, 7) is 2.93. The molecule has 0 spiro atoms. The van der Waals surface area contributed by atoms with E-state index in [1.54, 1.807) is 19.2 Å². The first-order valence-electron chi connectivity index (χ1n) is 5.95. The van der Waals surface area contributed by atoms with E-state index in [1.165, 1.54) is 12.1 Å². The Morgan fingerprint density at radius 2 is 2.00 bits per heavy atom. The molecule has 0 fully saturated rings. The number of halogens is 2. The second-order valence-electron chi connectivity index (χ2n) is 4.04. The summed E-state index contributed by atoms with van der Waals surface area (Å²) in [5.41, 5.74) is 0. The van der Waals surface area contributed by atoms with Crippen LogP contribution >= 0.6 is 12.4 Å². The smallest absolute Gasteiger partial charge is 0.221 e. The fourth-order valence-electron chi connectivity index (χ4n) is 1.37. The van der Waals surface area contributed by atoms with Gasteiger partial charge in [0.05, 0.1) is 6.54 Å². The number of carbonyl (C=O) groups excluding carboxylic acids is 1. The Morgan fingerprint density at radius 1 is 1.37 bits per heavy atom. The van der Waals surface area contributed by atoms with Crippen molar-refractivity contribution in [2.24, 2.45) is 0 Å². The van der Waals surface area contributed by atoms with E-state index in [2.05, 4.69) is 10.6 Å². The van der Waals surface area contributed by atoms with Crippen molar-refractivity contribution in [1.29, 1.82) is 0 Å². The van der Waals surface area contributed by atoms with Crippen LogP contribution in [0, 0.1) is 5.82 Å². The lowest BCUT2D eigenvalue weighted by Gasteiger charge is -2.15. The number of rotatable bonds is 7. The van der Waals surface area contributed by atoms with Crippen molar-refractivity contribution in [3.8, 4) is 5.75 Å². The molecule has 1 aromatic rings. The Labute approximate surface area is 119 Å². The largest absolute Gasteiger partial charge is 0.489 e. The van der Waals surface area contributed by atoms with Gasteiger partial charge in [-0.15, -0.1) is 12.4 Å². The topological polar surface area (TPSA) is 50.4 Å². The number of amides is 1. The Bertz CT molecular complexity index is 373. The van der Waals surface area contributed by atoms with Crippen molar-refractivity contribution < 1.29 is 13.9 Å². The lowest BCUT2D eigenvalue weighted by atomic mass is 10.3. The van der Waals surface area contributed by atoms with E-state index in [1.807, 2.05) is 6.92 Å². The molecule has 1 atom stereocenters. The molecular formula is C13H20ClFN2O2. The zero-order chi connectivity index (χ0) is 13.4. The van der Waals surface area contributed by atoms with Gasteiger partial charge < -0.3 is 15.4 Å². The summed E-state index contributed by atoms with van der Waals surface area (Å²) in [4.78, 5) is 11.3. The van der Waals surface area contributed by atoms with Crippen molar-refractivity contribution in [2.45, 2.75) is 19.4 Å². The molecule has 1 unspecified atom stereocenters. The maximum atomic E-state index is 12.7. The molecule has 108 valence electrons. The van der Waals surface area contributed by atoms with Crippen LogP contribution in [0.4, 0.5) is 4.39 Å². The highest BCUT2D eigenvalue weighted by molar-refractivity contribution is 5.85. The first kappa shape index (κ1) is 17.7. The third kappa shape index (κ3) is 7.64. The highest BCUT2D eigenvalue weighted by Crippen LogP contribution is 2.12. The van der Waals surface area contributed by atoms with Crippen LogP contribution in [0.15, 0.2) is 24.3 Å². The third-order valence-corrected chi connectivity index (χ3v) is 2.34. The van der Waals surface area contributed by atoms with E-state index in [9.17, 15) is 9.18 Å². The monoisotopic (exact) mass is 290 g/mol. The average Bonchev–Trinajstić information content (AvgIpc) is 2.36. The van der Waals surface area contributed by atoms with E-state index < -0.39 is 0 Å². The summed E-state index contributed by atoms with van der Waals surface area (Å²) in [5, 5.41) is 5.67. The number of ether oxygens (including phenoxy) is 1. The zero-order valence-corrected chi connectivity index (χ0v) is 11.9. The molecule has 0 radical (unpaired) electrons. The molecule has 6 heteroatoms. The van der Waals surface area contributed by atoms with Gasteiger partial charge in [0.25, 0.3) is 0 Å². The first-order chi connectivity index (χ1) is 8.61. The van der Waals surface area contributed by atoms with Gasteiger partial charge >= 0.3 is 0 Å². The molecule has 2 N–H and O–H groups in total. The first-order valence-corrected chi connectivity index (χ1v) is 5.95. The van der Waals surface area contributed by atoms with Crippen molar-refractivity contribution >= 4 is 18.3 Å². The summed E-state index contributed by atoms with van der Waals surface area (Å²) >= 11 is 0. The van der Waals surface area contributed by atoms with Gasteiger partial charge in [0.2, 0.25) is 5.91 Å². The minimum atomic E-state index is -0.296. The van der Waals surface area contributed by atoms with Crippen LogP contribution in [-0.4, -0.2) is 32.1 Å². The van der Waals surface area contributed by atoms with Crippen LogP contribution in [-0.2, 0) is 4.79 Å². The number of hydrogen-bond donors (Lipinski definition) is 2. The van der Waals surface area contributed by atoms with E-state index in [0.29, 0.717) is 25.3 Å².